The number of carbonyl (C=O) groups is 3. The molecule has 1 aliphatic rings. The van der Waals surface area contributed by atoms with Gasteiger partial charge < -0.3 is 9.90 Å². The molecule has 0 atom stereocenters. The fourth-order valence-corrected chi connectivity index (χ4v) is 1.40. The molecule has 0 aliphatic heterocycles. The number of carboxylic acid groups (broad SMARTS) is 1. The average molecular weight is 210 g/mol. The molecule has 0 radical (unpaired) electrons. The topological polar surface area (TPSA) is 71.4 Å². The second-order valence-electron chi connectivity index (χ2n) is 3.17. The Kier molecular flexibility index (Phi) is 5.23. The van der Waals surface area contributed by atoms with Crippen molar-refractivity contribution in [2.75, 3.05) is 0 Å². The SMILES string of the molecule is CC1=CC(=O)CC(C)=C1C(=O)O.CC=O. The van der Waals surface area contributed by atoms with Crippen LogP contribution in [-0.2, 0) is 14.4 Å². The van der Waals surface area contributed by atoms with E-state index in [1.807, 2.05) is 0 Å². The van der Waals surface area contributed by atoms with Gasteiger partial charge in [0, 0.05) is 6.42 Å². The minimum atomic E-state index is -0.950. The molecular formula is C11H14O4. The van der Waals surface area contributed by atoms with Gasteiger partial charge in [0.25, 0.3) is 0 Å². The van der Waals surface area contributed by atoms with Gasteiger partial charge in [0.05, 0.1) is 5.57 Å². The maximum absolute atomic E-state index is 10.9. The van der Waals surface area contributed by atoms with Gasteiger partial charge in [0.15, 0.2) is 5.78 Å². The number of rotatable bonds is 1. The Balaban J connectivity index is 0.000000583. The van der Waals surface area contributed by atoms with Crippen molar-refractivity contribution >= 4 is 18.0 Å². The Hall–Kier alpha value is -1.71. The first-order chi connectivity index (χ1) is 6.93. The summed E-state index contributed by atoms with van der Waals surface area (Å²) in [5.41, 5.74) is 1.48. The highest BCUT2D eigenvalue weighted by Gasteiger charge is 2.19. The van der Waals surface area contributed by atoms with Gasteiger partial charge in [-0.25, -0.2) is 4.79 Å². The molecular weight excluding hydrogens is 196 g/mol. The Morgan fingerprint density at radius 3 is 2.27 bits per heavy atom. The minimum absolute atomic E-state index is 0.0185. The van der Waals surface area contributed by atoms with E-state index in [9.17, 15) is 9.59 Å². The molecule has 0 heterocycles. The second-order valence-corrected chi connectivity index (χ2v) is 3.17. The van der Waals surface area contributed by atoms with Crippen molar-refractivity contribution in [3.05, 3.63) is 22.8 Å². The molecule has 0 aromatic rings. The zero-order chi connectivity index (χ0) is 12.0. The Bertz CT molecular complexity index is 348. The molecule has 1 N–H and O–H groups in total. The van der Waals surface area contributed by atoms with Crippen LogP contribution in [0.15, 0.2) is 22.8 Å². The Morgan fingerprint density at radius 1 is 1.47 bits per heavy atom. The zero-order valence-corrected chi connectivity index (χ0v) is 9.03. The first kappa shape index (κ1) is 13.3. The van der Waals surface area contributed by atoms with E-state index in [1.165, 1.54) is 13.0 Å². The van der Waals surface area contributed by atoms with Gasteiger partial charge in [0.2, 0.25) is 0 Å². The van der Waals surface area contributed by atoms with Crippen LogP contribution in [0, 0.1) is 0 Å². The largest absolute Gasteiger partial charge is 0.478 e. The number of hydrogen-bond donors (Lipinski definition) is 1. The number of allylic oxidation sites excluding steroid dienone is 2. The van der Waals surface area contributed by atoms with E-state index >= 15 is 0 Å². The Labute approximate surface area is 88.3 Å². The molecule has 4 heteroatoms. The summed E-state index contributed by atoms with van der Waals surface area (Å²) < 4.78 is 0. The molecule has 0 saturated heterocycles. The molecule has 0 aromatic carbocycles. The predicted octanol–water partition coefficient (Wildman–Crippen LogP) is 1.51. The molecule has 0 amide bonds. The zero-order valence-electron chi connectivity index (χ0n) is 9.03. The van der Waals surface area contributed by atoms with Crippen molar-refractivity contribution in [1.82, 2.24) is 0 Å². The maximum Gasteiger partial charge on any atom is 0.335 e. The van der Waals surface area contributed by atoms with E-state index in [2.05, 4.69) is 0 Å². The quantitative estimate of drug-likeness (QED) is 0.666. The maximum atomic E-state index is 10.9. The van der Waals surface area contributed by atoms with Gasteiger partial charge in [-0.15, -0.1) is 0 Å². The third-order valence-corrected chi connectivity index (χ3v) is 1.85. The number of ketones is 1. The molecule has 0 spiro atoms. The van der Waals surface area contributed by atoms with E-state index in [-0.39, 0.29) is 17.8 Å². The van der Waals surface area contributed by atoms with Crippen LogP contribution in [0.2, 0.25) is 0 Å². The fraction of sp³-hybridized carbons (Fsp3) is 0.364. The number of carbonyl (C=O) groups excluding carboxylic acids is 2. The fourth-order valence-electron chi connectivity index (χ4n) is 1.40. The smallest absolute Gasteiger partial charge is 0.335 e. The van der Waals surface area contributed by atoms with E-state index in [1.54, 1.807) is 13.8 Å². The van der Waals surface area contributed by atoms with Crippen LogP contribution in [0.25, 0.3) is 0 Å². The summed E-state index contributed by atoms with van der Waals surface area (Å²) in [5.74, 6) is -0.969. The molecule has 1 rings (SSSR count). The van der Waals surface area contributed by atoms with Crippen molar-refractivity contribution in [3.8, 4) is 0 Å². The number of aliphatic carboxylic acids is 1. The lowest BCUT2D eigenvalue weighted by Gasteiger charge is -2.12. The van der Waals surface area contributed by atoms with Crippen molar-refractivity contribution in [3.63, 3.8) is 0 Å². The number of carboxylic acids is 1. The molecule has 0 unspecified atom stereocenters. The van der Waals surface area contributed by atoms with Gasteiger partial charge in [-0.3, -0.25) is 4.79 Å². The van der Waals surface area contributed by atoms with Gasteiger partial charge in [-0.05, 0) is 32.4 Å². The summed E-state index contributed by atoms with van der Waals surface area (Å²) in [6, 6.07) is 0. The highest BCUT2D eigenvalue weighted by Crippen LogP contribution is 2.22. The number of hydrogen-bond acceptors (Lipinski definition) is 3. The highest BCUT2D eigenvalue weighted by molar-refractivity contribution is 6.02. The summed E-state index contributed by atoms with van der Waals surface area (Å²) >= 11 is 0. The first-order valence-corrected chi connectivity index (χ1v) is 4.48. The molecule has 0 aromatic heterocycles. The van der Waals surface area contributed by atoms with E-state index in [0.29, 0.717) is 11.1 Å². The Morgan fingerprint density at radius 2 is 1.93 bits per heavy atom. The van der Waals surface area contributed by atoms with Crippen LogP contribution < -0.4 is 0 Å². The predicted molar refractivity (Wildman–Crippen MR) is 55.5 cm³/mol. The lowest BCUT2D eigenvalue weighted by molar-refractivity contribution is -0.132. The molecule has 4 nitrogen and oxygen atoms in total. The van der Waals surface area contributed by atoms with Gasteiger partial charge >= 0.3 is 5.97 Å². The van der Waals surface area contributed by atoms with Crippen LogP contribution in [0.3, 0.4) is 0 Å². The number of aldehydes is 1. The van der Waals surface area contributed by atoms with Crippen molar-refractivity contribution < 1.29 is 19.5 Å². The van der Waals surface area contributed by atoms with E-state index in [4.69, 9.17) is 9.90 Å². The average Bonchev–Trinajstić information content (AvgIpc) is 2.01. The summed E-state index contributed by atoms with van der Waals surface area (Å²) in [4.78, 5) is 30.4. The molecule has 82 valence electrons. The third-order valence-electron chi connectivity index (χ3n) is 1.85. The van der Waals surface area contributed by atoms with Crippen LogP contribution in [0.4, 0.5) is 0 Å². The van der Waals surface area contributed by atoms with E-state index < -0.39 is 5.97 Å². The van der Waals surface area contributed by atoms with Gasteiger partial charge in [0.1, 0.15) is 6.29 Å². The van der Waals surface area contributed by atoms with Crippen LogP contribution in [-0.4, -0.2) is 23.1 Å². The molecule has 0 saturated carbocycles. The van der Waals surface area contributed by atoms with Crippen molar-refractivity contribution in [2.24, 2.45) is 0 Å². The van der Waals surface area contributed by atoms with Crippen molar-refractivity contribution in [2.45, 2.75) is 27.2 Å². The third kappa shape index (κ3) is 3.89. The monoisotopic (exact) mass is 210 g/mol. The lowest BCUT2D eigenvalue weighted by Crippen LogP contribution is -2.12. The van der Waals surface area contributed by atoms with Crippen molar-refractivity contribution in [1.29, 1.82) is 0 Å². The van der Waals surface area contributed by atoms with Gasteiger partial charge in [-0.1, -0.05) is 5.57 Å². The normalized spacial score (nSPS) is 15.1. The molecule has 1 aliphatic carbocycles. The van der Waals surface area contributed by atoms with Crippen LogP contribution >= 0.6 is 0 Å². The molecule has 0 fully saturated rings. The summed E-state index contributed by atoms with van der Waals surface area (Å²) in [6.07, 6.45) is 2.37. The van der Waals surface area contributed by atoms with Crippen LogP contribution in [0.1, 0.15) is 27.2 Å². The second kappa shape index (κ2) is 5.90. The lowest BCUT2D eigenvalue weighted by atomic mass is 9.92. The van der Waals surface area contributed by atoms with Crippen LogP contribution in [0.5, 0.6) is 0 Å². The minimum Gasteiger partial charge on any atom is -0.478 e. The van der Waals surface area contributed by atoms with E-state index in [0.717, 1.165) is 6.29 Å². The van der Waals surface area contributed by atoms with Gasteiger partial charge in [-0.2, -0.15) is 0 Å². The summed E-state index contributed by atoms with van der Waals surface area (Å²) in [6.45, 7) is 4.77. The standard InChI is InChI=1S/C9H10O3.C2H4O/c1-5-3-7(10)4-6(2)8(5)9(11)12;1-2-3/h3H,4H2,1-2H3,(H,11,12);2H,1H3. The first-order valence-electron chi connectivity index (χ1n) is 4.48. The molecule has 15 heavy (non-hydrogen) atoms. The molecule has 0 bridgehead atoms. The summed E-state index contributed by atoms with van der Waals surface area (Å²) in [5, 5.41) is 8.76. The highest BCUT2D eigenvalue weighted by atomic mass is 16.4. The summed E-state index contributed by atoms with van der Waals surface area (Å²) in [7, 11) is 0.